The van der Waals surface area contributed by atoms with Crippen molar-refractivity contribution in [2.24, 2.45) is 0 Å². The number of aliphatic hydroxyl groups is 1. The Hall–Kier alpha value is -2.03. The number of hydrogen-bond donors (Lipinski definition) is 1. The number of nitro benzene ring substituents is 1. The molecular formula is C11H13F3N2O4. The highest BCUT2D eigenvalue weighted by Gasteiger charge is 2.23. The number of methoxy groups -OCH3 is 1. The predicted octanol–water partition coefficient (Wildman–Crippen LogP) is 1.81. The van der Waals surface area contributed by atoms with Crippen molar-refractivity contribution in [3.05, 3.63) is 28.1 Å². The van der Waals surface area contributed by atoms with Gasteiger partial charge in [-0.2, -0.15) is 0 Å². The van der Waals surface area contributed by atoms with Gasteiger partial charge in [0.05, 0.1) is 36.9 Å². The highest BCUT2D eigenvalue weighted by Crippen LogP contribution is 2.34. The maximum absolute atomic E-state index is 13.8. The first kappa shape index (κ1) is 16.0. The second kappa shape index (κ2) is 6.94. The molecule has 20 heavy (non-hydrogen) atoms. The van der Waals surface area contributed by atoms with Gasteiger partial charge in [-0.25, -0.2) is 13.2 Å². The molecule has 0 aliphatic rings. The molecule has 0 aliphatic carbocycles. The number of benzene rings is 1. The van der Waals surface area contributed by atoms with Gasteiger partial charge >= 0.3 is 5.69 Å². The van der Waals surface area contributed by atoms with Crippen molar-refractivity contribution >= 4 is 11.4 Å². The number of anilines is 1. The molecule has 0 saturated heterocycles. The monoisotopic (exact) mass is 294 g/mol. The SMILES string of the molecule is COc1cc(N(CCO)CC(F)F)c(F)cc1[N+](=O)[O-]. The van der Waals surface area contributed by atoms with Crippen LogP contribution in [-0.4, -0.2) is 43.3 Å². The summed E-state index contributed by atoms with van der Waals surface area (Å²) < 4.78 is 43.4. The van der Waals surface area contributed by atoms with E-state index in [1.807, 2.05) is 0 Å². The minimum atomic E-state index is -2.75. The third-order valence-corrected chi connectivity index (χ3v) is 2.51. The molecule has 9 heteroatoms. The second-order valence-corrected chi connectivity index (χ2v) is 3.79. The topological polar surface area (TPSA) is 75.8 Å². The van der Waals surface area contributed by atoms with Crippen LogP contribution in [0.4, 0.5) is 24.5 Å². The molecule has 0 radical (unpaired) electrons. The minimum Gasteiger partial charge on any atom is -0.490 e. The molecule has 0 atom stereocenters. The van der Waals surface area contributed by atoms with E-state index in [1.54, 1.807) is 0 Å². The summed E-state index contributed by atoms with van der Waals surface area (Å²) in [4.78, 5) is 10.8. The molecule has 6 nitrogen and oxygen atoms in total. The first-order valence-electron chi connectivity index (χ1n) is 5.56. The van der Waals surface area contributed by atoms with Crippen molar-refractivity contribution in [3.8, 4) is 5.75 Å². The van der Waals surface area contributed by atoms with Gasteiger partial charge in [0, 0.05) is 12.6 Å². The van der Waals surface area contributed by atoms with E-state index < -0.39 is 36.0 Å². The van der Waals surface area contributed by atoms with Crippen LogP contribution in [0.5, 0.6) is 5.75 Å². The van der Waals surface area contributed by atoms with Crippen molar-refractivity contribution in [1.82, 2.24) is 0 Å². The fourth-order valence-electron chi connectivity index (χ4n) is 1.68. The Kier molecular flexibility index (Phi) is 5.56. The normalized spacial score (nSPS) is 10.7. The Morgan fingerprint density at radius 1 is 1.50 bits per heavy atom. The fraction of sp³-hybridized carbons (Fsp3) is 0.455. The van der Waals surface area contributed by atoms with Gasteiger partial charge in [0.15, 0.2) is 11.6 Å². The Morgan fingerprint density at radius 3 is 2.60 bits per heavy atom. The number of hydrogen-bond acceptors (Lipinski definition) is 5. The summed E-state index contributed by atoms with van der Waals surface area (Å²) in [5.41, 5.74) is -0.892. The number of rotatable bonds is 7. The summed E-state index contributed by atoms with van der Waals surface area (Å²) >= 11 is 0. The van der Waals surface area contributed by atoms with Gasteiger partial charge in [0.2, 0.25) is 0 Å². The zero-order valence-electron chi connectivity index (χ0n) is 10.6. The van der Waals surface area contributed by atoms with Gasteiger partial charge in [-0.1, -0.05) is 0 Å². The quantitative estimate of drug-likeness (QED) is 0.613. The largest absolute Gasteiger partial charge is 0.490 e. The van der Waals surface area contributed by atoms with E-state index >= 15 is 0 Å². The maximum atomic E-state index is 13.8. The molecule has 1 aromatic rings. The molecule has 1 N–H and O–H groups in total. The number of nitrogens with zero attached hydrogens (tertiary/aromatic N) is 2. The number of ether oxygens (including phenoxy) is 1. The average Bonchev–Trinajstić information content (AvgIpc) is 2.37. The third-order valence-electron chi connectivity index (χ3n) is 2.51. The summed E-state index contributed by atoms with van der Waals surface area (Å²) in [5.74, 6) is -1.28. The van der Waals surface area contributed by atoms with E-state index in [4.69, 9.17) is 9.84 Å². The molecule has 1 rings (SSSR count). The first-order chi connectivity index (χ1) is 9.40. The molecule has 0 unspecified atom stereocenters. The highest BCUT2D eigenvalue weighted by molar-refractivity contribution is 5.60. The lowest BCUT2D eigenvalue weighted by molar-refractivity contribution is -0.385. The van der Waals surface area contributed by atoms with Crippen molar-refractivity contribution in [1.29, 1.82) is 0 Å². The molecule has 0 aliphatic heterocycles. The zero-order valence-corrected chi connectivity index (χ0v) is 10.6. The van der Waals surface area contributed by atoms with Gasteiger partial charge in [0.25, 0.3) is 6.43 Å². The molecule has 0 aromatic heterocycles. The minimum absolute atomic E-state index is 0.234. The van der Waals surface area contributed by atoms with Gasteiger partial charge in [-0.3, -0.25) is 10.1 Å². The van der Waals surface area contributed by atoms with Crippen LogP contribution in [0.1, 0.15) is 0 Å². The van der Waals surface area contributed by atoms with Crippen LogP contribution in [0.3, 0.4) is 0 Å². The van der Waals surface area contributed by atoms with Crippen molar-refractivity contribution in [2.45, 2.75) is 6.43 Å². The summed E-state index contributed by atoms with van der Waals surface area (Å²) in [6.07, 6.45) is -2.75. The number of alkyl halides is 2. The first-order valence-corrected chi connectivity index (χ1v) is 5.56. The molecule has 0 amide bonds. The van der Waals surface area contributed by atoms with E-state index in [2.05, 4.69) is 0 Å². The van der Waals surface area contributed by atoms with Crippen LogP contribution in [0.25, 0.3) is 0 Å². The highest BCUT2D eigenvalue weighted by atomic mass is 19.3. The van der Waals surface area contributed by atoms with Crippen molar-refractivity contribution in [2.75, 3.05) is 31.7 Å². The lowest BCUT2D eigenvalue weighted by Crippen LogP contribution is -2.32. The molecule has 0 bridgehead atoms. The standard InChI is InChI=1S/C11H13F3N2O4/c1-20-10-5-8(7(12)4-9(10)16(18)19)15(2-3-17)6-11(13)14/h4-5,11,17H,2-3,6H2,1H3. The fourth-order valence-corrected chi connectivity index (χ4v) is 1.68. The number of aliphatic hydroxyl groups excluding tert-OH is 1. The molecular weight excluding hydrogens is 281 g/mol. The summed E-state index contributed by atoms with van der Waals surface area (Å²) in [6.45, 7) is -1.51. The smallest absolute Gasteiger partial charge is 0.313 e. The van der Waals surface area contributed by atoms with Crippen LogP contribution in [0.2, 0.25) is 0 Å². The Balaban J connectivity index is 3.24. The van der Waals surface area contributed by atoms with Crippen LogP contribution in [0.15, 0.2) is 12.1 Å². The summed E-state index contributed by atoms with van der Waals surface area (Å²) in [7, 11) is 1.15. The van der Waals surface area contributed by atoms with Crippen LogP contribution >= 0.6 is 0 Å². The van der Waals surface area contributed by atoms with E-state index in [0.717, 1.165) is 18.1 Å². The van der Waals surface area contributed by atoms with E-state index in [9.17, 15) is 23.3 Å². The Bertz CT molecular complexity index is 485. The van der Waals surface area contributed by atoms with Crippen molar-refractivity contribution in [3.63, 3.8) is 0 Å². The molecule has 1 aromatic carbocycles. The molecule has 0 fully saturated rings. The Morgan fingerprint density at radius 2 is 2.15 bits per heavy atom. The van der Waals surface area contributed by atoms with Gasteiger partial charge in [0.1, 0.15) is 0 Å². The second-order valence-electron chi connectivity index (χ2n) is 3.79. The van der Waals surface area contributed by atoms with Gasteiger partial charge in [-0.05, 0) is 0 Å². The summed E-state index contributed by atoms with van der Waals surface area (Å²) in [5, 5.41) is 19.5. The number of nitro groups is 1. The van der Waals surface area contributed by atoms with Crippen molar-refractivity contribution < 1.29 is 27.9 Å². The molecule has 0 saturated carbocycles. The lowest BCUT2D eigenvalue weighted by atomic mass is 10.2. The van der Waals surface area contributed by atoms with E-state index in [1.165, 1.54) is 0 Å². The van der Waals surface area contributed by atoms with E-state index in [0.29, 0.717) is 6.07 Å². The van der Waals surface area contributed by atoms with Gasteiger partial charge in [-0.15, -0.1) is 0 Å². The molecule has 112 valence electrons. The zero-order chi connectivity index (χ0) is 15.3. The predicted molar refractivity (Wildman–Crippen MR) is 64.9 cm³/mol. The molecule has 0 spiro atoms. The van der Waals surface area contributed by atoms with Crippen LogP contribution < -0.4 is 9.64 Å². The van der Waals surface area contributed by atoms with Gasteiger partial charge < -0.3 is 14.7 Å². The third kappa shape index (κ3) is 3.73. The number of halogens is 3. The van der Waals surface area contributed by atoms with Crippen LogP contribution in [0, 0.1) is 15.9 Å². The van der Waals surface area contributed by atoms with Crippen LogP contribution in [-0.2, 0) is 0 Å². The lowest BCUT2D eigenvalue weighted by Gasteiger charge is -2.24. The maximum Gasteiger partial charge on any atom is 0.313 e. The average molecular weight is 294 g/mol. The molecule has 0 heterocycles. The summed E-state index contributed by atoms with van der Waals surface area (Å²) in [6, 6.07) is 1.56. The Labute approximate surface area is 112 Å². The van der Waals surface area contributed by atoms with E-state index in [-0.39, 0.29) is 18.0 Å².